The minimum absolute atomic E-state index is 0.0235. The summed E-state index contributed by atoms with van der Waals surface area (Å²) >= 11 is 0. The molecule has 5 rings (SSSR count). The Morgan fingerprint density at radius 1 is 1.21 bits per heavy atom. The van der Waals surface area contributed by atoms with Crippen molar-refractivity contribution in [3.8, 4) is 11.3 Å². The lowest BCUT2D eigenvalue weighted by molar-refractivity contribution is 0.326. The molecule has 3 aromatic heterocycles. The summed E-state index contributed by atoms with van der Waals surface area (Å²) in [7, 11) is -3.18. The highest BCUT2D eigenvalue weighted by Gasteiger charge is 2.34. The van der Waals surface area contributed by atoms with E-state index in [1.807, 2.05) is 24.4 Å². The zero-order valence-corrected chi connectivity index (χ0v) is 16.9. The number of nitrogens with one attached hydrogen (secondary N) is 2. The van der Waals surface area contributed by atoms with Gasteiger partial charge in [-0.3, -0.25) is 0 Å². The molecule has 29 heavy (non-hydrogen) atoms. The van der Waals surface area contributed by atoms with Crippen LogP contribution in [0.1, 0.15) is 25.7 Å². The molecular weight excluding hydrogens is 388 g/mol. The first-order chi connectivity index (χ1) is 14.1. The van der Waals surface area contributed by atoms with Crippen LogP contribution in [0.4, 0.5) is 5.82 Å². The maximum absolute atomic E-state index is 12.7. The molecule has 3 aromatic rings. The number of aromatic amines is 1. The largest absolute Gasteiger partial charge is 0.365 e. The summed E-state index contributed by atoms with van der Waals surface area (Å²) in [5.41, 5.74) is 3.14. The molecule has 0 radical (unpaired) electrons. The molecule has 2 aliphatic rings. The maximum atomic E-state index is 12.7. The Kier molecular flexibility index (Phi) is 4.71. The van der Waals surface area contributed by atoms with E-state index in [0.717, 1.165) is 48.1 Å². The Balaban J connectivity index is 1.36. The van der Waals surface area contributed by atoms with Gasteiger partial charge in [-0.15, -0.1) is 0 Å². The number of H-pyrrole nitrogens is 1. The lowest BCUT2D eigenvalue weighted by atomic mass is 10.1. The average molecular weight is 413 g/mol. The highest BCUT2D eigenvalue weighted by atomic mass is 32.2. The molecule has 2 fully saturated rings. The molecule has 0 amide bonds. The Morgan fingerprint density at radius 2 is 2.10 bits per heavy atom. The van der Waals surface area contributed by atoms with E-state index >= 15 is 0 Å². The van der Waals surface area contributed by atoms with Gasteiger partial charge in [0.05, 0.1) is 17.6 Å². The van der Waals surface area contributed by atoms with Crippen LogP contribution >= 0.6 is 0 Å². The predicted molar refractivity (Wildman–Crippen MR) is 112 cm³/mol. The van der Waals surface area contributed by atoms with Gasteiger partial charge in [-0.25, -0.2) is 23.4 Å². The lowest BCUT2D eigenvalue weighted by Crippen LogP contribution is -2.46. The van der Waals surface area contributed by atoms with E-state index in [1.54, 1.807) is 16.7 Å². The van der Waals surface area contributed by atoms with Crippen LogP contribution in [-0.4, -0.2) is 57.5 Å². The minimum atomic E-state index is -3.18. The van der Waals surface area contributed by atoms with Gasteiger partial charge in [0, 0.05) is 37.1 Å². The summed E-state index contributed by atoms with van der Waals surface area (Å²) in [5.74, 6) is 1.36. The van der Waals surface area contributed by atoms with Gasteiger partial charge in [0.1, 0.15) is 11.3 Å². The third kappa shape index (κ3) is 3.97. The number of sulfonamides is 1. The molecule has 0 bridgehead atoms. The molecule has 1 saturated heterocycles. The number of hydrogen-bond acceptors (Lipinski definition) is 6. The van der Waals surface area contributed by atoms with E-state index in [1.165, 1.54) is 0 Å². The lowest BCUT2D eigenvalue weighted by Gasteiger charge is -2.33. The number of anilines is 1. The van der Waals surface area contributed by atoms with E-state index in [-0.39, 0.29) is 6.04 Å². The molecule has 152 valence electrons. The molecule has 1 aliphatic carbocycles. The van der Waals surface area contributed by atoms with Crippen molar-refractivity contribution >= 4 is 27.0 Å². The maximum Gasteiger partial charge on any atom is 0.214 e. The average Bonchev–Trinajstić information content (AvgIpc) is 3.40. The summed E-state index contributed by atoms with van der Waals surface area (Å²) in [6.07, 6.45) is 9.12. The smallest absolute Gasteiger partial charge is 0.214 e. The van der Waals surface area contributed by atoms with Gasteiger partial charge < -0.3 is 10.3 Å². The first-order valence-corrected chi connectivity index (χ1v) is 11.7. The van der Waals surface area contributed by atoms with E-state index in [2.05, 4.69) is 25.3 Å². The first-order valence-electron chi connectivity index (χ1n) is 10.1. The zero-order chi connectivity index (χ0) is 19.8. The summed E-state index contributed by atoms with van der Waals surface area (Å²) in [6.45, 7) is 1.09. The van der Waals surface area contributed by atoms with Crippen LogP contribution in [0.5, 0.6) is 0 Å². The van der Waals surface area contributed by atoms with Crippen molar-refractivity contribution in [3.63, 3.8) is 0 Å². The second-order valence-corrected chi connectivity index (χ2v) is 9.94. The number of hydrogen-bond donors (Lipinski definition) is 2. The summed E-state index contributed by atoms with van der Waals surface area (Å²) < 4.78 is 27.0. The highest BCUT2D eigenvalue weighted by Crippen LogP contribution is 2.32. The fourth-order valence-corrected chi connectivity index (χ4v) is 5.84. The van der Waals surface area contributed by atoms with Crippen LogP contribution in [0.3, 0.4) is 0 Å². The molecule has 1 saturated carbocycles. The number of aromatic nitrogens is 4. The molecular formula is C20H24N6O2S. The van der Waals surface area contributed by atoms with Gasteiger partial charge in [-0.2, -0.15) is 4.31 Å². The Labute approximate surface area is 169 Å². The van der Waals surface area contributed by atoms with Gasteiger partial charge in [-0.1, -0.05) is 0 Å². The molecule has 1 atom stereocenters. The number of piperidine rings is 1. The van der Waals surface area contributed by atoms with Crippen molar-refractivity contribution in [2.45, 2.75) is 31.7 Å². The van der Waals surface area contributed by atoms with E-state index in [0.29, 0.717) is 30.6 Å². The van der Waals surface area contributed by atoms with Crippen molar-refractivity contribution in [1.29, 1.82) is 0 Å². The molecule has 1 aliphatic heterocycles. The Bertz CT molecular complexity index is 1120. The standard InChI is InChI=1S/C20H24N6O2S/c27-29(28,13-14-5-6-14)26-10-2-3-15(12-26)24-19-16(4-1-8-21-19)18-11-23-20-17(25-18)7-9-22-20/h1,4,7-9,11,14-15H,2-3,5-6,10,12-13H2,(H,21,24)(H,22,23). The Hall–Kier alpha value is -2.52. The normalized spacial score (nSPS) is 20.8. The molecule has 1 unspecified atom stereocenters. The van der Waals surface area contributed by atoms with Crippen LogP contribution in [0.15, 0.2) is 36.8 Å². The minimum Gasteiger partial charge on any atom is -0.365 e. The topological polar surface area (TPSA) is 104 Å². The molecule has 0 aromatic carbocycles. The number of rotatable bonds is 6. The second-order valence-electron chi connectivity index (χ2n) is 7.93. The van der Waals surface area contributed by atoms with Gasteiger partial charge in [0.2, 0.25) is 10.0 Å². The summed E-state index contributed by atoms with van der Waals surface area (Å²) in [4.78, 5) is 16.7. The van der Waals surface area contributed by atoms with E-state index in [9.17, 15) is 8.42 Å². The third-order valence-corrected chi connectivity index (χ3v) is 7.62. The zero-order valence-electron chi connectivity index (χ0n) is 16.1. The van der Waals surface area contributed by atoms with E-state index < -0.39 is 10.0 Å². The fraction of sp³-hybridized carbons (Fsp3) is 0.450. The van der Waals surface area contributed by atoms with Crippen molar-refractivity contribution in [1.82, 2.24) is 24.2 Å². The quantitative estimate of drug-likeness (QED) is 0.645. The van der Waals surface area contributed by atoms with Crippen LogP contribution in [0, 0.1) is 5.92 Å². The molecule has 8 nitrogen and oxygen atoms in total. The van der Waals surface area contributed by atoms with Gasteiger partial charge in [0.25, 0.3) is 0 Å². The fourth-order valence-electron chi connectivity index (χ4n) is 3.88. The predicted octanol–water partition coefficient (Wildman–Crippen LogP) is 2.64. The molecule has 9 heteroatoms. The Morgan fingerprint density at radius 3 is 2.97 bits per heavy atom. The van der Waals surface area contributed by atoms with Gasteiger partial charge in [0.15, 0.2) is 5.65 Å². The van der Waals surface area contributed by atoms with Crippen molar-refractivity contribution in [3.05, 3.63) is 36.8 Å². The van der Waals surface area contributed by atoms with Crippen molar-refractivity contribution in [2.24, 2.45) is 5.92 Å². The molecule has 2 N–H and O–H groups in total. The monoisotopic (exact) mass is 412 g/mol. The van der Waals surface area contributed by atoms with Crippen LogP contribution in [0.2, 0.25) is 0 Å². The molecule has 4 heterocycles. The van der Waals surface area contributed by atoms with Crippen LogP contribution in [0.25, 0.3) is 22.4 Å². The number of pyridine rings is 1. The van der Waals surface area contributed by atoms with Gasteiger partial charge in [-0.05, 0) is 49.8 Å². The van der Waals surface area contributed by atoms with Gasteiger partial charge >= 0.3 is 0 Å². The summed E-state index contributed by atoms with van der Waals surface area (Å²) in [6, 6.07) is 5.74. The number of fused-ring (bicyclic) bond motifs is 1. The second kappa shape index (κ2) is 7.38. The van der Waals surface area contributed by atoms with E-state index in [4.69, 9.17) is 0 Å². The third-order valence-electron chi connectivity index (χ3n) is 5.61. The van der Waals surface area contributed by atoms with Crippen LogP contribution < -0.4 is 5.32 Å². The first kappa shape index (κ1) is 18.5. The SMILES string of the molecule is O=S(=O)(CC1CC1)N1CCCC(Nc2ncccc2-c2cnc3[nH]ccc3n2)C1. The van der Waals surface area contributed by atoms with Crippen LogP contribution in [-0.2, 0) is 10.0 Å². The van der Waals surface area contributed by atoms with Crippen molar-refractivity contribution in [2.75, 3.05) is 24.2 Å². The highest BCUT2D eigenvalue weighted by molar-refractivity contribution is 7.89. The summed E-state index contributed by atoms with van der Waals surface area (Å²) in [5, 5.41) is 3.47. The number of nitrogens with zero attached hydrogens (tertiary/aromatic N) is 4. The van der Waals surface area contributed by atoms with Crippen molar-refractivity contribution < 1.29 is 8.42 Å². The molecule has 0 spiro atoms.